The molecule has 0 aliphatic heterocycles. The number of hydrogen-bond donors (Lipinski definition) is 1. The summed E-state index contributed by atoms with van der Waals surface area (Å²) in [4.78, 5) is 0. The Labute approximate surface area is 94.4 Å². The Morgan fingerprint density at radius 1 is 1.21 bits per heavy atom. The van der Waals surface area contributed by atoms with Gasteiger partial charge in [0, 0.05) is 12.6 Å². The Morgan fingerprint density at radius 2 is 2.00 bits per heavy atom. The van der Waals surface area contributed by atoms with Crippen molar-refractivity contribution in [2.24, 2.45) is 0 Å². The summed E-state index contributed by atoms with van der Waals surface area (Å²) in [5.41, 5.74) is 1.20. The normalized spacial score (nSPS) is 16.7. The van der Waals surface area contributed by atoms with Gasteiger partial charge in [0.1, 0.15) is 0 Å². The zero-order valence-electron chi connectivity index (χ0n) is 7.89. The summed E-state index contributed by atoms with van der Waals surface area (Å²) in [5, 5.41) is 4.74. The van der Waals surface area contributed by atoms with Gasteiger partial charge < -0.3 is 5.32 Å². The minimum atomic E-state index is 0.624. The van der Waals surface area contributed by atoms with Crippen LogP contribution in [0, 0.1) is 0 Å². The largest absolute Gasteiger partial charge is 0.310 e. The molecule has 1 nitrogen and oxygen atoms in total. The van der Waals surface area contributed by atoms with Crippen molar-refractivity contribution >= 4 is 23.2 Å². The van der Waals surface area contributed by atoms with Gasteiger partial charge in [0.25, 0.3) is 0 Å². The van der Waals surface area contributed by atoms with Gasteiger partial charge in [-0.1, -0.05) is 35.7 Å². The molecule has 1 fully saturated rings. The molecule has 0 unspecified atom stereocenters. The quantitative estimate of drug-likeness (QED) is 0.835. The van der Waals surface area contributed by atoms with E-state index in [0.717, 1.165) is 6.54 Å². The Morgan fingerprint density at radius 3 is 2.57 bits per heavy atom. The molecule has 1 aliphatic rings. The second-order valence-corrected chi connectivity index (χ2v) is 4.57. The molecule has 1 N–H and O–H groups in total. The number of rotatable bonds is 3. The third-order valence-corrected chi connectivity index (χ3v) is 3.42. The van der Waals surface area contributed by atoms with Crippen molar-refractivity contribution in [3.05, 3.63) is 33.8 Å². The Kier molecular flexibility index (Phi) is 3.32. The van der Waals surface area contributed by atoms with E-state index in [1.807, 2.05) is 18.2 Å². The fourth-order valence-electron chi connectivity index (χ4n) is 1.52. The molecule has 0 amide bonds. The van der Waals surface area contributed by atoms with Crippen molar-refractivity contribution in [3.8, 4) is 0 Å². The molecule has 14 heavy (non-hydrogen) atoms. The smallest absolute Gasteiger partial charge is 0.0595 e. The van der Waals surface area contributed by atoms with E-state index in [1.165, 1.54) is 24.8 Å². The average molecular weight is 230 g/mol. The molecule has 1 aliphatic carbocycles. The van der Waals surface area contributed by atoms with Crippen molar-refractivity contribution in [2.75, 3.05) is 0 Å². The highest BCUT2D eigenvalue weighted by molar-refractivity contribution is 6.42. The van der Waals surface area contributed by atoms with Gasteiger partial charge in [-0.05, 0) is 30.5 Å². The van der Waals surface area contributed by atoms with E-state index in [1.54, 1.807) is 0 Å². The number of benzene rings is 1. The highest BCUT2D eigenvalue weighted by Crippen LogP contribution is 2.23. The van der Waals surface area contributed by atoms with Crippen molar-refractivity contribution in [3.63, 3.8) is 0 Å². The first-order valence-corrected chi connectivity index (χ1v) is 5.68. The lowest BCUT2D eigenvalue weighted by Gasteiger charge is -2.26. The van der Waals surface area contributed by atoms with Crippen LogP contribution in [0.15, 0.2) is 18.2 Å². The van der Waals surface area contributed by atoms with Gasteiger partial charge >= 0.3 is 0 Å². The Bertz CT molecular complexity index is 321. The van der Waals surface area contributed by atoms with Crippen molar-refractivity contribution in [1.82, 2.24) is 5.32 Å². The monoisotopic (exact) mass is 229 g/mol. The van der Waals surface area contributed by atoms with Gasteiger partial charge in [-0.15, -0.1) is 0 Å². The topological polar surface area (TPSA) is 12.0 Å². The molecule has 0 atom stereocenters. The Hall–Kier alpha value is -0.240. The maximum Gasteiger partial charge on any atom is 0.0595 e. The summed E-state index contributed by atoms with van der Waals surface area (Å²) in [5.74, 6) is 0. The van der Waals surface area contributed by atoms with Gasteiger partial charge in [0.2, 0.25) is 0 Å². The van der Waals surface area contributed by atoms with Crippen LogP contribution in [-0.2, 0) is 6.54 Å². The van der Waals surface area contributed by atoms with Crippen LogP contribution in [0.1, 0.15) is 24.8 Å². The summed E-state index contributed by atoms with van der Waals surface area (Å²) >= 11 is 11.7. The SMILES string of the molecule is Clc1ccc(CNC2CCC2)cc1Cl. The first-order valence-electron chi connectivity index (χ1n) is 4.93. The fourth-order valence-corrected chi connectivity index (χ4v) is 1.84. The van der Waals surface area contributed by atoms with Crippen LogP contribution in [0.25, 0.3) is 0 Å². The lowest BCUT2D eigenvalue weighted by molar-refractivity contribution is 0.338. The summed E-state index contributed by atoms with van der Waals surface area (Å²) in [6, 6.07) is 6.50. The maximum absolute atomic E-state index is 5.92. The molecule has 0 heterocycles. The minimum absolute atomic E-state index is 0.624. The second kappa shape index (κ2) is 4.52. The third kappa shape index (κ3) is 2.41. The lowest BCUT2D eigenvalue weighted by Crippen LogP contribution is -2.34. The standard InChI is InChI=1S/C11H13Cl2N/c12-10-5-4-8(6-11(10)13)7-14-9-2-1-3-9/h4-6,9,14H,1-3,7H2. The molecule has 76 valence electrons. The highest BCUT2D eigenvalue weighted by atomic mass is 35.5. The van der Waals surface area contributed by atoms with E-state index >= 15 is 0 Å². The van der Waals surface area contributed by atoms with Gasteiger partial charge in [-0.3, -0.25) is 0 Å². The zero-order chi connectivity index (χ0) is 9.97. The molecule has 0 saturated heterocycles. The molecular formula is C11H13Cl2N. The van der Waals surface area contributed by atoms with Crippen LogP contribution < -0.4 is 5.32 Å². The molecule has 1 aromatic rings. The molecule has 1 aromatic carbocycles. The van der Waals surface area contributed by atoms with Crippen LogP contribution in [0.5, 0.6) is 0 Å². The minimum Gasteiger partial charge on any atom is -0.310 e. The van der Waals surface area contributed by atoms with Gasteiger partial charge in [-0.25, -0.2) is 0 Å². The van der Waals surface area contributed by atoms with E-state index in [9.17, 15) is 0 Å². The van der Waals surface area contributed by atoms with Crippen molar-refractivity contribution in [2.45, 2.75) is 31.8 Å². The predicted octanol–water partition coefficient (Wildman–Crippen LogP) is 3.64. The van der Waals surface area contributed by atoms with E-state index < -0.39 is 0 Å². The molecule has 3 heteroatoms. The maximum atomic E-state index is 5.92. The van der Waals surface area contributed by atoms with Gasteiger partial charge in [0.15, 0.2) is 0 Å². The number of nitrogens with one attached hydrogen (secondary N) is 1. The summed E-state index contributed by atoms with van der Waals surface area (Å²) in [6.07, 6.45) is 3.97. The summed E-state index contributed by atoms with van der Waals surface area (Å²) < 4.78 is 0. The third-order valence-electron chi connectivity index (χ3n) is 2.68. The van der Waals surface area contributed by atoms with E-state index in [2.05, 4.69) is 5.32 Å². The molecular weight excluding hydrogens is 217 g/mol. The van der Waals surface area contributed by atoms with Gasteiger partial charge in [-0.2, -0.15) is 0 Å². The van der Waals surface area contributed by atoms with Crippen LogP contribution in [0.3, 0.4) is 0 Å². The van der Waals surface area contributed by atoms with Crippen LogP contribution in [0.2, 0.25) is 10.0 Å². The first kappa shape index (κ1) is 10.3. The van der Waals surface area contributed by atoms with Crippen LogP contribution >= 0.6 is 23.2 Å². The fraction of sp³-hybridized carbons (Fsp3) is 0.455. The number of halogens is 2. The van der Waals surface area contributed by atoms with Crippen LogP contribution in [0.4, 0.5) is 0 Å². The molecule has 1 saturated carbocycles. The predicted molar refractivity (Wildman–Crippen MR) is 60.9 cm³/mol. The first-order chi connectivity index (χ1) is 6.75. The summed E-state index contributed by atoms with van der Waals surface area (Å²) in [6.45, 7) is 0.890. The molecule has 0 aromatic heterocycles. The molecule has 0 spiro atoms. The Balaban J connectivity index is 1.91. The van der Waals surface area contributed by atoms with Gasteiger partial charge in [0.05, 0.1) is 10.0 Å². The van der Waals surface area contributed by atoms with E-state index in [-0.39, 0.29) is 0 Å². The molecule has 0 radical (unpaired) electrons. The highest BCUT2D eigenvalue weighted by Gasteiger charge is 2.15. The number of hydrogen-bond acceptors (Lipinski definition) is 1. The molecule has 2 rings (SSSR count). The van der Waals surface area contributed by atoms with E-state index in [0.29, 0.717) is 16.1 Å². The summed E-state index contributed by atoms with van der Waals surface area (Å²) in [7, 11) is 0. The lowest BCUT2D eigenvalue weighted by atomic mass is 9.93. The average Bonchev–Trinajstić information content (AvgIpc) is 2.08. The van der Waals surface area contributed by atoms with Crippen molar-refractivity contribution < 1.29 is 0 Å². The molecule has 0 bridgehead atoms. The second-order valence-electron chi connectivity index (χ2n) is 3.76. The van der Waals surface area contributed by atoms with E-state index in [4.69, 9.17) is 23.2 Å². The van der Waals surface area contributed by atoms with Crippen LogP contribution in [-0.4, -0.2) is 6.04 Å². The zero-order valence-corrected chi connectivity index (χ0v) is 9.41. The van der Waals surface area contributed by atoms with Crippen molar-refractivity contribution in [1.29, 1.82) is 0 Å².